The van der Waals surface area contributed by atoms with Crippen molar-refractivity contribution >= 4 is 35.8 Å². The Kier molecular flexibility index (Phi) is 7.23. The van der Waals surface area contributed by atoms with Gasteiger partial charge >= 0.3 is 5.97 Å². The Bertz CT molecular complexity index is 1150. The first-order valence-electron chi connectivity index (χ1n) is 10.8. The molecule has 2 aliphatic heterocycles. The quantitative estimate of drug-likeness (QED) is 0.242. The van der Waals surface area contributed by atoms with E-state index in [-0.39, 0.29) is 18.6 Å². The Morgan fingerprint density at radius 3 is 2.43 bits per heavy atom. The molecular formula is C25H24N2O7S. The van der Waals surface area contributed by atoms with Gasteiger partial charge in [-0.25, -0.2) is 4.79 Å². The number of nitrogens with one attached hydrogen (secondary N) is 1. The molecule has 35 heavy (non-hydrogen) atoms. The maximum Gasteiger partial charge on any atom is 0.334 e. The lowest BCUT2D eigenvalue weighted by molar-refractivity contribution is -0.202. The van der Waals surface area contributed by atoms with E-state index in [4.69, 9.17) is 14.2 Å². The average Bonchev–Trinajstić information content (AvgIpc) is 2.90. The second-order valence-corrected chi connectivity index (χ2v) is 8.90. The second kappa shape index (κ2) is 10.3. The maximum absolute atomic E-state index is 13.3. The third-order valence-corrected chi connectivity index (χ3v) is 7.06. The van der Waals surface area contributed by atoms with Gasteiger partial charge in [-0.05, 0) is 28.7 Å². The number of amides is 2. The van der Waals surface area contributed by atoms with Gasteiger partial charge < -0.3 is 24.4 Å². The van der Waals surface area contributed by atoms with E-state index in [1.165, 1.54) is 17.4 Å². The van der Waals surface area contributed by atoms with Crippen molar-refractivity contribution in [3.63, 3.8) is 0 Å². The van der Waals surface area contributed by atoms with Gasteiger partial charge in [-0.3, -0.25) is 14.4 Å². The van der Waals surface area contributed by atoms with Crippen LogP contribution < -0.4 is 10.1 Å². The van der Waals surface area contributed by atoms with Gasteiger partial charge in [-0.1, -0.05) is 42.5 Å². The molecule has 3 atom stereocenters. The van der Waals surface area contributed by atoms with Crippen LogP contribution in [-0.2, 0) is 41.7 Å². The first kappa shape index (κ1) is 24.5. The predicted molar refractivity (Wildman–Crippen MR) is 127 cm³/mol. The number of β-lactam (4-membered cyclic amide) rings is 1. The number of rotatable bonds is 9. The van der Waals surface area contributed by atoms with Gasteiger partial charge in [0.05, 0.1) is 13.5 Å². The van der Waals surface area contributed by atoms with Crippen molar-refractivity contribution < 1.29 is 33.4 Å². The van der Waals surface area contributed by atoms with Gasteiger partial charge in [-0.2, -0.15) is 0 Å². The van der Waals surface area contributed by atoms with Crippen LogP contribution in [0, 0.1) is 0 Å². The van der Waals surface area contributed by atoms with Crippen molar-refractivity contribution in [1.29, 1.82) is 0 Å². The molecule has 0 aliphatic carbocycles. The summed E-state index contributed by atoms with van der Waals surface area (Å²) in [6.45, 7) is -0.0471. The van der Waals surface area contributed by atoms with Crippen molar-refractivity contribution in [2.45, 2.75) is 30.2 Å². The van der Waals surface area contributed by atoms with Crippen molar-refractivity contribution in [1.82, 2.24) is 10.2 Å². The van der Waals surface area contributed by atoms with Gasteiger partial charge in [0.15, 0.2) is 6.04 Å². The molecule has 2 amide bonds. The Balaban J connectivity index is 1.48. The summed E-state index contributed by atoms with van der Waals surface area (Å²) in [5.74, 6) is -1.12. The summed E-state index contributed by atoms with van der Waals surface area (Å²) in [7, 11) is 2.86. The van der Waals surface area contributed by atoms with Crippen LogP contribution in [-0.4, -0.2) is 60.3 Å². The van der Waals surface area contributed by atoms with Crippen molar-refractivity contribution in [2.24, 2.45) is 0 Å². The molecule has 2 aromatic carbocycles. The number of esters is 1. The highest BCUT2D eigenvalue weighted by molar-refractivity contribution is 8.03. The summed E-state index contributed by atoms with van der Waals surface area (Å²) in [6, 6.07) is 14.8. The lowest BCUT2D eigenvalue weighted by Gasteiger charge is -2.57. The Morgan fingerprint density at radius 2 is 1.80 bits per heavy atom. The Labute approximate surface area is 206 Å². The van der Waals surface area contributed by atoms with E-state index in [2.05, 4.69) is 5.32 Å². The molecule has 1 N–H and O–H groups in total. The zero-order chi connectivity index (χ0) is 25.0. The number of nitrogens with zero attached hydrogens (tertiary/aromatic N) is 1. The number of ether oxygens (including phenoxy) is 3. The molecule has 0 aromatic heterocycles. The monoisotopic (exact) mass is 496 g/mol. The van der Waals surface area contributed by atoms with E-state index in [1.54, 1.807) is 43.5 Å². The molecule has 2 aliphatic rings. The second-order valence-electron chi connectivity index (χ2n) is 7.95. The summed E-state index contributed by atoms with van der Waals surface area (Å²) in [4.78, 5) is 51.8. The summed E-state index contributed by atoms with van der Waals surface area (Å²) in [5, 5.41) is 3.43. The number of hydrogen-bond acceptors (Lipinski definition) is 8. The molecule has 0 bridgehead atoms. The molecule has 1 fully saturated rings. The summed E-state index contributed by atoms with van der Waals surface area (Å²) in [6.07, 6.45) is 0.579. The van der Waals surface area contributed by atoms with E-state index >= 15 is 0 Å². The normalized spacial score (nSPS) is 22.9. The van der Waals surface area contributed by atoms with E-state index in [0.29, 0.717) is 17.6 Å². The lowest BCUT2D eigenvalue weighted by atomic mass is 9.94. The molecule has 1 saturated heterocycles. The number of carbonyl (C=O) groups is 4. The highest BCUT2D eigenvalue weighted by Crippen LogP contribution is 2.46. The molecule has 9 nitrogen and oxygen atoms in total. The summed E-state index contributed by atoms with van der Waals surface area (Å²) >= 11 is 1.12. The number of hydrogen-bond donors (Lipinski definition) is 1. The number of thioether (sulfide) groups is 1. The smallest absolute Gasteiger partial charge is 0.334 e. The molecule has 182 valence electrons. The fourth-order valence-electron chi connectivity index (χ4n) is 4.00. The number of carbonyl (C=O) groups excluding carboxylic acids is 4. The van der Waals surface area contributed by atoms with Crippen molar-refractivity contribution in [3.8, 4) is 5.75 Å². The molecule has 4 rings (SSSR count). The molecule has 2 aromatic rings. The zero-order valence-electron chi connectivity index (χ0n) is 19.1. The van der Waals surface area contributed by atoms with Crippen LogP contribution in [0.1, 0.15) is 11.1 Å². The van der Waals surface area contributed by atoms with Crippen LogP contribution in [0.4, 0.5) is 0 Å². The SMILES string of the molecule is COc1ccc(COC(=O)C2C(C=O)=CS[C@@H]3N2C(=O)C3(NC(=O)Cc2ccccc2)OC)cc1. The van der Waals surface area contributed by atoms with Crippen LogP contribution >= 0.6 is 11.8 Å². The number of methoxy groups -OCH3 is 2. The van der Waals surface area contributed by atoms with Gasteiger partial charge in [0.1, 0.15) is 24.0 Å². The van der Waals surface area contributed by atoms with E-state index < -0.39 is 34.9 Å². The van der Waals surface area contributed by atoms with E-state index in [9.17, 15) is 19.2 Å². The average molecular weight is 497 g/mol. The molecular weight excluding hydrogens is 472 g/mol. The Hall–Kier alpha value is -3.63. The van der Waals surface area contributed by atoms with Gasteiger partial charge in [0.25, 0.3) is 11.6 Å². The summed E-state index contributed by atoms with van der Waals surface area (Å²) < 4.78 is 16.0. The van der Waals surface area contributed by atoms with Crippen LogP contribution in [0.5, 0.6) is 5.75 Å². The molecule has 10 heteroatoms. The predicted octanol–water partition coefficient (Wildman–Crippen LogP) is 1.81. The fraction of sp³-hybridized carbons (Fsp3) is 0.280. The van der Waals surface area contributed by atoms with Crippen molar-refractivity contribution in [3.05, 3.63) is 76.7 Å². The minimum Gasteiger partial charge on any atom is -0.497 e. The van der Waals surface area contributed by atoms with Crippen LogP contribution in [0.3, 0.4) is 0 Å². The van der Waals surface area contributed by atoms with Crippen molar-refractivity contribution in [2.75, 3.05) is 14.2 Å². The molecule has 2 unspecified atom stereocenters. The van der Waals surface area contributed by atoms with E-state index in [1.807, 2.05) is 18.2 Å². The lowest BCUT2D eigenvalue weighted by Crippen LogP contribution is -2.83. The molecule has 0 spiro atoms. The topological polar surface area (TPSA) is 111 Å². The zero-order valence-corrected chi connectivity index (χ0v) is 19.9. The molecule has 0 radical (unpaired) electrons. The number of benzene rings is 2. The largest absolute Gasteiger partial charge is 0.497 e. The molecule has 2 heterocycles. The fourth-order valence-corrected chi connectivity index (χ4v) is 5.27. The molecule has 0 saturated carbocycles. The minimum absolute atomic E-state index is 0.0471. The van der Waals surface area contributed by atoms with Gasteiger partial charge in [-0.15, -0.1) is 11.8 Å². The Morgan fingerprint density at radius 1 is 1.09 bits per heavy atom. The van der Waals surface area contributed by atoms with Gasteiger partial charge in [0.2, 0.25) is 5.91 Å². The first-order valence-corrected chi connectivity index (χ1v) is 11.7. The standard InChI is InChI=1S/C25H24N2O7S/c1-32-19-10-8-17(9-11-19)14-34-22(30)21-18(13-28)15-35-24-25(33-2,23(31)27(21)24)26-20(29)12-16-6-4-3-5-7-16/h3-11,13,15,21,24H,12,14H2,1-2H3,(H,26,29)/t21?,24-,25?/m0/s1. The van der Waals surface area contributed by atoms with E-state index in [0.717, 1.165) is 17.3 Å². The maximum atomic E-state index is 13.3. The number of fused-ring (bicyclic) bond motifs is 1. The number of aldehydes is 1. The van der Waals surface area contributed by atoms with Crippen LogP contribution in [0.25, 0.3) is 0 Å². The highest BCUT2D eigenvalue weighted by atomic mass is 32.2. The highest BCUT2D eigenvalue weighted by Gasteiger charge is 2.67. The third-order valence-electron chi connectivity index (χ3n) is 5.83. The third kappa shape index (κ3) is 4.67. The summed E-state index contributed by atoms with van der Waals surface area (Å²) in [5.41, 5.74) is -0.0681. The van der Waals surface area contributed by atoms with Gasteiger partial charge in [0, 0.05) is 12.7 Å². The first-order chi connectivity index (χ1) is 16.9. The van der Waals surface area contributed by atoms with Crippen LogP contribution in [0.15, 0.2) is 65.6 Å². The minimum atomic E-state index is -1.66. The van der Waals surface area contributed by atoms with Crippen LogP contribution in [0.2, 0.25) is 0 Å².